The lowest BCUT2D eigenvalue weighted by atomic mass is 10.2. The number of nitrogens with one attached hydrogen (secondary N) is 2. The van der Waals surface area contributed by atoms with Gasteiger partial charge in [-0.2, -0.15) is 5.10 Å². The number of carbonyl (C=O) groups is 1. The molecule has 1 atom stereocenters. The largest absolute Gasteiger partial charge is 0.314 e. The first-order chi connectivity index (χ1) is 6.72. The highest BCUT2D eigenvalue weighted by atomic mass is 16.2. The predicted molar refractivity (Wildman–Crippen MR) is 53.0 cm³/mol. The second-order valence-corrected chi connectivity index (χ2v) is 3.45. The van der Waals surface area contributed by atoms with Crippen LogP contribution >= 0.6 is 0 Å². The minimum atomic E-state index is -0.186. The number of hydrazone groups is 1. The molecule has 5 heteroatoms. The summed E-state index contributed by atoms with van der Waals surface area (Å²) in [6.07, 6.45) is 3.38. The number of hydrogen-bond donors (Lipinski definition) is 2. The molecule has 2 rings (SSSR count). The van der Waals surface area contributed by atoms with Gasteiger partial charge in [0.2, 0.25) is 5.91 Å². The van der Waals surface area contributed by atoms with Gasteiger partial charge in [-0.25, -0.2) is 0 Å². The van der Waals surface area contributed by atoms with E-state index in [4.69, 9.17) is 0 Å². The zero-order valence-electron chi connectivity index (χ0n) is 8.37. The summed E-state index contributed by atoms with van der Waals surface area (Å²) in [6, 6.07) is 0. The fourth-order valence-corrected chi connectivity index (χ4v) is 1.77. The molecular weight excluding hydrogens is 180 g/mol. The zero-order valence-corrected chi connectivity index (χ0v) is 8.37. The van der Waals surface area contributed by atoms with Crippen LogP contribution in [0.1, 0.15) is 26.7 Å². The predicted octanol–water partition coefficient (Wildman–Crippen LogP) is 0.322. The van der Waals surface area contributed by atoms with E-state index in [0.29, 0.717) is 0 Å². The fourth-order valence-electron chi connectivity index (χ4n) is 1.77. The van der Waals surface area contributed by atoms with E-state index in [1.807, 2.05) is 11.8 Å². The second-order valence-electron chi connectivity index (χ2n) is 3.45. The Kier molecular flexibility index (Phi) is 2.15. The number of fused-ring (bicyclic) bond motifs is 1. The Labute approximate surface area is 82.8 Å². The molecule has 0 aliphatic carbocycles. The third-order valence-corrected chi connectivity index (χ3v) is 2.35. The summed E-state index contributed by atoms with van der Waals surface area (Å²) in [7, 11) is 0. The molecule has 0 aromatic heterocycles. The Morgan fingerprint density at radius 3 is 3.14 bits per heavy atom. The highest BCUT2D eigenvalue weighted by molar-refractivity contribution is 5.93. The van der Waals surface area contributed by atoms with Crippen LogP contribution in [0.4, 0.5) is 0 Å². The third-order valence-electron chi connectivity index (χ3n) is 2.35. The van der Waals surface area contributed by atoms with Crippen LogP contribution in [0.15, 0.2) is 16.9 Å². The molecule has 5 nitrogen and oxygen atoms in total. The lowest BCUT2D eigenvalue weighted by Crippen LogP contribution is -2.54. The first-order valence-electron chi connectivity index (χ1n) is 4.82. The molecule has 2 heterocycles. The molecule has 76 valence electrons. The third kappa shape index (κ3) is 1.34. The van der Waals surface area contributed by atoms with Crippen molar-refractivity contribution in [3.8, 4) is 0 Å². The highest BCUT2D eigenvalue weighted by Gasteiger charge is 2.32. The molecule has 0 fully saturated rings. The van der Waals surface area contributed by atoms with Gasteiger partial charge < -0.3 is 5.32 Å². The van der Waals surface area contributed by atoms with Gasteiger partial charge in [-0.05, 0) is 13.3 Å². The zero-order chi connectivity index (χ0) is 10.1. The molecule has 14 heavy (non-hydrogen) atoms. The van der Waals surface area contributed by atoms with E-state index in [9.17, 15) is 4.79 Å². The molecule has 0 spiro atoms. The average Bonchev–Trinajstić information content (AvgIpc) is 2.48. The van der Waals surface area contributed by atoms with Gasteiger partial charge in [0.15, 0.2) is 6.29 Å². The maximum atomic E-state index is 11.3. The number of rotatable bonds is 2. The van der Waals surface area contributed by atoms with Crippen LogP contribution in [-0.4, -0.2) is 22.9 Å². The molecular formula is C9H14N4O. The lowest BCUT2D eigenvalue weighted by molar-refractivity contribution is -0.119. The first-order valence-corrected chi connectivity index (χ1v) is 4.82. The normalized spacial score (nSPS) is 24.9. The van der Waals surface area contributed by atoms with Crippen LogP contribution in [-0.2, 0) is 4.79 Å². The molecule has 2 aliphatic rings. The van der Waals surface area contributed by atoms with Crippen molar-refractivity contribution in [3.05, 3.63) is 11.8 Å². The molecule has 2 aliphatic heterocycles. The highest BCUT2D eigenvalue weighted by Crippen LogP contribution is 2.20. The fraction of sp³-hybridized carbons (Fsp3) is 0.556. The lowest BCUT2D eigenvalue weighted by Gasteiger charge is -2.32. The van der Waals surface area contributed by atoms with Crippen molar-refractivity contribution in [1.82, 2.24) is 15.6 Å². The molecule has 0 aromatic rings. The molecule has 1 amide bonds. The van der Waals surface area contributed by atoms with E-state index in [1.165, 1.54) is 0 Å². The summed E-state index contributed by atoms with van der Waals surface area (Å²) in [5.74, 6) is 0.849. The Morgan fingerprint density at radius 2 is 2.43 bits per heavy atom. The van der Waals surface area contributed by atoms with Crippen LogP contribution in [0.2, 0.25) is 0 Å². The molecule has 0 aromatic carbocycles. The molecule has 1 unspecified atom stereocenters. The van der Waals surface area contributed by atoms with Crippen LogP contribution in [0.3, 0.4) is 0 Å². The maximum absolute atomic E-state index is 11.3. The maximum Gasteiger partial charge on any atom is 0.248 e. The summed E-state index contributed by atoms with van der Waals surface area (Å²) in [5, 5.41) is 6.87. The SMILES string of the molecule is CCCC1=CC(=O)NC2NN=C(C)N12. The topological polar surface area (TPSA) is 56.7 Å². The van der Waals surface area contributed by atoms with E-state index in [0.717, 1.165) is 24.4 Å². The van der Waals surface area contributed by atoms with E-state index >= 15 is 0 Å². The molecule has 2 N–H and O–H groups in total. The van der Waals surface area contributed by atoms with Gasteiger partial charge in [0.05, 0.1) is 0 Å². The molecule has 0 saturated heterocycles. The first kappa shape index (κ1) is 9.05. The average molecular weight is 194 g/mol. The van der Waals surface area contributed by atoms with Crippen LogP contribution in [0, 0.1) is 0 Å². The van der Waals surface area contributed by atoms with E-state index in [2.05, 4.69) is 22.8 Å². The summed E-state index contributed by atoms with van der Waals surface area (Å²) in [4.78, 5) is 13.3. The van der Waals surface area contributed by atoms with Crippen molar-refractivity contribution in [3.63, 3.8) is 0 Å². The Balaban J connectivity index is 2.26. The summed E-state index contributed by atoms with van der Waals surface area (Å²) < 4.78 is 0. The molecule has 0 bridgehead atoms. The van der Waals surface area contributed by atoms with Gasteiger partial charge in [0.1, 0.15) is 5.84 Å². The van der Waals surface area contributed by atoms with Gasteiger partial charge >= 0.3 is 0 Å². The molecule has 0 saturated carbocycles. The number of amidine groups is 1. The van der Waals surface area contributed by atoms with Crippen molar-refractivity contribution in [2.24, 2.45) is 5.10 Å². The van der Waals surface area contributed by atoms with Crippen LogP contribution in [0.5, 0.6) is 0 Å². The van der Waals surface area contributed by atoms with Gasteiger partial charge in [-0.3, -0.25) is 15.1 Å². The number of nitrogens with zero attached hydrogens (tertiary/aromatic N) is 2. The molecule has 0 radical (unpaired) electrons. The van der Waals surface area contributed by atoms with Crippen molar-refractivity contribution in [2.45, 2.75) is 33.0 Å². The Morgan fingerprint density at radius 1 is 1.64 bits per heavy atom. The van der Waals surface area contributed by atoms with Gasteiger partial charge in [0, 0.05) is 11.8 Å². The van der Waals surface area contributed by atoms with Gasteiger partial charge in [-0.1, -0.05) is 13.3 Å². The minimum absolute atomic E-state index is 0.0490. The van der Waals surface area contributed by atoms with Crippen molar-refractivity contribution >= 4 is 11.7 Å². The number of allylic oxidation sites excluding steroid dienone is 1. The number of carbonyl (C=O) groups excluding carboxylic acids is 1. The van der Waals surface area contributed by atoms with E-state index < -0.39 is 0 Å². The van der Waals surface area contributed by atoms with Gasteiger partial charge in [-0.15, -0.1) is 0 Å². The summed E-state index contributed by atoms with van der Waals surface area (Å²) >= 11 is 0. The Bertz CT molecular complexity index is 321. The smallest absolute Gasteiger partial charge is 0.248 e. The second kappa shape index (κ2) is 3.32. The quantitative estimate of drug-likeness (QED) is 0.665. The van der Waals surface area contributed by atoms with Crippen LogP contribution in [0.25, 0.3) is 0 Å². The number of amides is 1. The Hall–Kier alpha value is -1.52. The summed E-state index contributed by atoms with van der Waals surface area (Å²) in [6.45, 7) is 4.02. The monoisotopic (exact) mass is 194 g/mol. The van der Waals surface area contributed by atoms with E-state index in [1.54, 1.807) is 6.08 Å². The minimum Gasteiger partial charge on any atom is -0.314 e. The standard InChI is InChI=1S/C9H14N4O/c1-3-4-7-5-8(14)10-9-12-11-6(2)13(7)9/h5,9,12H,3-4H2,1-2H3,(H,10,14). The van der Waals surface area contributed by atoms with Gasteiger partial charge in [0.25, 0.3) is 0 Å². The van der Waals surface area contributed by atoms with Crippen molar-refractivity contribution in [2.75, 3.05) is 0 Å². The van der Waals surface area contributed by atoms with Crippen molar-refractivity contribution in [1.29, 1.82) is 0 Å². The van der Waals surface area contributed by atoms with Crippen LogP contribution < -0.4 is 10.7 Å². The van der Waals surface area contributed by atoms with E-state index in [-0.39, 0.29) is 12.2 Å². The number of hydrogen-bond acceptors (Lipinski definition) is 4. The summed E-state index contributed by atoms with van der Waals surface area (Å²) in [5.41, 5.74) is 3.90. The van der Waals surface area contributed by atoms with Crippen molar-refractivity contribution < 1.29 is 4.79 Å².